The third kappa shape index (κ3) is 2.13. The Hall–Kier alpha value is -1.55. The summed E-state index contributed by atoms with van der Waals surface area (Å²) in [6.45, 7) is 5.02. The molecule has 0 radical (unpaired) electrons. The molecule has 4 nitrogen and oxygen atoms in total. The monoisotopic (exact) mass is 234 g/mol. The second-order valence-electron chi connectivity index (χ2n) is 4.90. The van der Waals surface area contributed by atoms with Crippen molar-refractivity contribution in [1.82, 2.24) is 4.90 Å². The van der Waals surface area contributed by atoms with Crippen molar-refractivity contribution in [3.8, 4) is 5.75 Å². The van der Waals surface area contributed by atoms with Crippen LogP contribution in [0.15, 0.2) is 18.2 Å². The van der Waals surface area contributed by atoms with Crippen molar-refractivity contribution in [3.63, 3.8) is 0 Å². The number of hydrogen-bond donors (Lipinski definition) is 2. The lowest BCUT2D eigenvalue weighted by Gasteiger charge is -2.47. The Morgan fingerprint density at radius 1 is 1.53 bits per heavy atom. The van der Waals surface area contributed by atoms with E-state index in [1.807, 2.05) is 19.9 Å². The molecular weight excluding hydrogens is 216 g/mol. The summed E-state index contributed by atoms with van der Waals surface area (Å²) >= 11 is 0. The molecule has 1 amide bonds. The molecule has 0 atom stereocenters. The number of carbonyl (C=O) groups is 1. The van der Waals surface area contributed by atoms with Gasteiger partial charge < -0.3 is 15.7 Å². The number of nitrogens with two attached hydrogens (primary N) is 1. The molecule has 17 heavy (non-hydrogen) atoms. The SMILES string of the molecule is CCC1(N)CN(C(=O)c2ccc(C)cc2O)C1. The zero-order valence-corrected chi connectivity index (χ0v) is 10.2. The predicted octanol–water partition coefficient (Wildman–Crippen LogP) is 1.26. The summed E-state index contributed by atoms with van der Waals surface area (Å²) in [7, 11) is 0. The van der Waals surface area contributed by atoms with Gasteiger partial charge in [-0.3, -0.25) is 4.79 Å². The number of benzene rings is 1. The van der Waals surface area contributed by atoms with Gasteiger partial charge in [-0.15, -0.1) is 0 Å². The predicted molar refractivity (Wildman–Crippen MR) is 66.0 cm³/mol. The number of likely N-dealkylation sites (tertiary alicyclic amines) is 1. The lowest BCUT2D eigenvalue weighted by atomic mass is 9.87. The van der Waals surface area contributed by atoms with Crippen molar-refractivity contribution < 1.29 is 9.90 Å². The van der Waals surface area contributed by atoms with Crippen molar-refractivity contribution in [3.05, 3.63) is 29.3 Å². The first-order chi connectivity index (χ1) is 7.95. The molecule has 0 saturated carbocycles. The van der Waals surface area contributed by atoms with Crippen LogP contribution in [-0.2, 0) is 0 Å². The highest BCUT2D eigenvalue weighted by Gasteiger charge is 2.41. The van der Waals surface area contributed by atoms with Crippen molar-refractivity contribution in [2.45, 2.75) is 25.8 Å². The Labute approximate surface area is 101 Å². The third-order valence-corrected chi connectivity index (χ3v) is 3.39. The number of rotatable bonds is 2. The quantitative estimate of drug-likeness (QED) is 0.809. The molecule has 1 fully saturated rings. The van der Waals surface area contributed by atoms with Gasteiger partial charge in [0.1, 0.15) is 5.75 Å². The molecule has 1 saturated heterocycles. The van der Waals surface area contributed by atoms with Gasteiger partial charge in [0.25, 0.3) is 5.91 Å². The van der Waals surface area contributed by atoms with Gasteiger partial charge in [0.15, 0.2) is 0 Å². The minimum absolute atomic E-state index is 0.0426. The number of aromatic hydroxyl groups is 1. The summed E-state index contributed by atoms with van der Waals surface area (Å²) in [5.41, 5.74) is 7.06. The first-order valence-corrected chi connectivity index (χ1v) is 5.83. The Morgan fingerprint density at radius 3 is 2.71 bits per heavy atom. The van der Waals surface area contributed by atoms with Crippen molar-refractivity contribution in [2.75, 3.05) is 13.1 Å². The third-order valence-electron chi connectivity index (χ3n) is 3.39. The maximum atomic E-state index is 12.1. The van der Waals surface area contributed by atoms with E-state index in [0.29, 0.717) is 18.7 Å². The molecule has 1 aromatic rings. The number of nitrogens with zero attached hydrogens (tertiary/aromatic N) is 1. The number of carbonyl (C=O) groups excluding carboxylic acids is 1. The minimum Gasteiger partial charge on any atom is -0.507 e. The minimum atomic E-state index is -0.240. The molecule has 0 unspecified atom stereocenters. The zero-order chi connectivity index (χ0) is 12.6. The van der Waals surface area contributed by atoms with Crippen LogP contribution in [0, 0.1) is 6.92 Å². The summed E-state index contributed by atoms with van der Waals surface area (Å²) < 4.78 is 0. The van der Waals surface area contributed by atoms with Crippen LogP contribution in [0.2, 0.25) is 0 Å². The van der Waals surface area contributed by atoms with E-state index in [9.17, 15) is 9.90 Å². The zero-order valence-electron chi connectivity index (χ0n) is 10.2. The van der Waals surface area contributed by atoms with E-state index >= 15 is 0 Å². The highest BCUT2D eigenvalue weighted by atomic mass is 16.3. The Kier molecular flexibility index (Phi) is 2.83. The van der Waals surface area contributed by atoms with E-state index in [1.54, 1.807) is 17.0 Å². The molecule has 0 aliphatic carbocycles. The normalized spacial score (nSPS) is 17.7. The van der Waals surface area contributed by atoms with Crippen LogP contribution < -0.4 is 5.73 Å². The van der Waals surface area contributed by atoms with Crippen LogP contribution in [-0.4, -0.2) is 34.5 Å². The van der Waals surface area contributed by atoms with Crippen molar-refractivity contribution in [2.24, 2.45) is 5.73 Å². The molecular formula is C13H18N2O2. The largest absolute Gasteiger partial charge is 0.507 e. The molecule has 92 valence electrons. The van der Waals surface area contributed by atoms with Crippen LogP contribution in [0.4, 0.5) is 0 Å². The van der Waals surface area contributed by atoms with Gasteiger partial charge in [-0.25, -0.2) is 0 Å². The average molecular weight is 234 g/mol. The van der Waals surface area contributed by atoms with E-state index in [1.165, 1.54) is 0 Å². The fraction of sp³-hybridized carbons (Fsp3) is 0.462. The fourth-order valence-corrected chi connectivity index (χ4v) is 2.07. The Bertz CT molecular complexity index is 451. The summed E-state index contributed by atoms with van der Waals surface area (Å²) in [4.78, 5) is 13.7. The summed E-state index contributed by atoms with van der Waals surface area (Å²) in [6, 6.07) is 5.08. The summed E-state index contributed by atoms with van der Waals surface area (Å²) in [6.07, 6.45) is 0.858. The average Bonchev–Trinajstić information content (AvgIpc) is 2.24. The molecule has 1 heterocycles. The van der Waals surface area contributed by atoms with E-state index in [0.717, 1.165) is 12.0 Å². The summed E-state index contributed by atoms with van der Waals surface area (Å²) in [5.74, 6) is -0.0990. The highest BCUT2D eigenvalue weighted by molar-refractivity contribution is 5.97. The van der Waals surface area contributed by atoms with Crippen LogP contribution in [0.5, 0.6) is 5.75 Å². The van der Waals surface area contributed by atoms with Crippen molar-refractivity contribution in [1.29, 1.82) is 0 Å². The molecule has 1 aromatic carbocycles. The number of phenols is 1. The van der Waals surface area contributed by atoms with Gasteiger partial charge in [-0.2, -0.15) is 0 Å². The number of aryl methyl sites for hydroxylation is 1. The molecule has 1 aliphatic rings. The van der Waals surface area contributed by atoms with Gasteiger partial charge >= 0.3 is 0 Å². The second kappa shape index (κ2) is 4.04. The van der Waals surface area contributed by atoms with Crippen LogP contribution in [0.25, 0.3) is 0 Å². The van der Waals surface area contributed by atoms with E-state index in [2.05, 4.69) is 0 Å². The van der Waals surface area contributed by atoms with Gasteiger partial charge in [0, 0.05) is 13.1 Å². The van der Waals surface area contributed by atoms with Gasteiger partial charge in [-0.1, -0.05) is 13.0 Å². The fourth-order valence-electron chi connectivity index (χ4n) is 2.07. The lowest BCUT2D eigenvalue weighted by molar-refractivity contribution is 0.0398. The molecule has 1 aliphatic heterocycles. The lowest BCUT2D eigenvalue weighted by Crippen LogP contribution is -2.68. The molecule has 4 heteroatoms. The summed E-state index contributed by atoms with van der Waals surface area (Å²) in [5, 5.41) is 9.74. The van der Waals surface area contributed by atoms with Gasteiger partial charge in [-0.05, 0) is 31.0 Å². The Balaban J connectivity index is 2.12. The van der Waals surface area contributed by atoms with Gasteiger partial charge in [0.2, 0.25) is 0 Å². The van der Waals surface area contributed by atoms with Crippen molar-refractivity contribution >= 4 is 5.91 Å². The highest BCUT2D eigenvalue weighted by Crippen LogP contribution is 2.27. The second-order valence-corrected chi connectivity index (χ2v) is 4.90. The van der Waals surface area contributed by atoms with Gasteiger partial charge in [0.05, 0.1) is 11.1 Å². The standard InChI is InChI=1S/C13H18N2O2/c1-3-13(14)7-15(8-13)12(17)10-5-4-9(2)6-11(10)16/h4-6,16H,3,7-8,14H2,1-2H3. The Morgan fingerprint density at radius 2 is 2.18 bits per heavy atom. The maximum absolute atomic E-state index is 12.1. The molecule has 2 rings (SSSR count). The maximum Gasteiger partial charge on any atom is 0.257 e. The van der Waals surface area contributed by atoms with Crippen LogP contribution in [0.3, 0.4) is 0 Å². The first kappa shape index (κ1) is 11.9. The molecule has 0 bridgehead atoms. The number of phenolic OH excluding ortho intramolecular Hbond substituents is 1. The molecule has 0 aromatic heterocycles. The first-order valence-electron chi connectivity index (χ1n) is 5.83. The van der Waals surface area contributed by atoms with Crippen LogP contribution >= 0.6 is 0 Å². The topological polar surface area (TPSA) is 66.6 Å². The molecule has 0 spiro atoms. The number of hydrogen-bond acceptors (Lipinski definition) is 3. The van der Waals surface area contributed by atoms with E-state index in [4.69, 9.17) is 5.73 Å². The molecule has 3 N–H and O–H groups in total. The smallest absolute Gasteiger partial charge is 0.257 e. The number of amides is 1. The van der Waals surface area contributed by atoms with E-state index < -0.39 is 0 Å². The van der Waals surface area contributed by atoms with E-state index in [-0.39, 0.29) is 17.2 Å². The van der Waals surface area contributed by atoms with Crippen LogP contribution in [0.1, 0.15) is 29.3 Å².